The molecule has 3 heterocycles. The number of hydrogen-bond acceptors (Lipinski definition) is 6. The number of aliphatic imine (C=N–C) groups is 1. The highest BCUT2D eigenvalue weighted by atomic mass is 16.1. The maximum atomic E-state index is 13.3. The van der Waals surface area contributed by atoms with Crippen LogP contribution in [0, 0.1) is 12.8 Å². The number of nitrogens with zero attached hydrogens (tertiary/aromatic N) is 4. The average Bonchev–Trinajstić information content (AvgIpc) is 3.33. The molecule has 176 valence electrons. The first kappa shape index (κ1) is 23.3. The molecule has 1 saturated carbocycles. The van der Waals surface area contributed by atoms with Gasteiger partial charge < -0.3 is 10.6 Å². The Bertz CT molecular complexity index is 1140. The van der Waals surface area contributed by atoms with Crippen molar-refractivity contribution in [3.8, 4) is 0 Å². The van der Waals surface area contributed by atoms with Crippen LogP contribution in [0.15, 0.2) is 28.1 Å². The van der Waals surface area contributed by atoms with E-state index in [0.717, 1.165) is 50.6 Å². The summed E-state index contributed by atoms with van der Waals surface area (Å²) >= 11 is 0. The standard InChI is InChI=1S/C25H34N6O2/c1-16-20-15-28-25(29-21(26-3)10-6-7-18-11-13-27-14-12-18)30-23(20)31(19-8-4-5-9-19)24(33)22(16)17(2)32/h6,10,15,18-19,27H,4-5,7-9,11-14H2,1-3H3,(H,26,28,29,30)/b10-6-. The van der Waals surface area contributed by atoms with Gasteiger partial charge in [-0.2, -0.15) is 4.98 Å². The summed E-state index contributed by atoms with van der Waals surface area (Å²) in [6.07, 6.45) is 13.3. The van der Waals surface area contributed by atoms with Crippen molar-refractivity contribution in [3.63, 3.8) is 0 Å². The molecule has 1 saturated heterocycles. The Morgan fingerprint density at radius 2 is 2.00 bits per heavy atom. The molecule has 4 rings (SSSR count). The average molecular weight is 451 g/mol. The summed E-state index contributed by atoms with van der Waals surface area (Å²) in [6, 6.07) is 0.0608. The third-order valence-electron chi connectivity index (χ3n) is 6.94. The van der Waals surface area contributed by atoms with E-state index in [-0.39, 0.29) is 22.9 Å². The Kier molecular flexibility index (Phi) is 7.33. The van der Waals surface area contributed by atoms with Crippen molar-refractivity contribution in [1.82, 2.24) is 19.9 Å². The van der Waals surface area contributed by atoms with Crippen molar-refractivity contribution in [1.29, 1.82) is 0 Å². The van der Waals surface area contributed by atoms with Crippen LogP contribution < -0.4 is 16.2 Å². The van der Waals surface area contributed by atoms with E-state index >= 15 is 0 Å². The van der Waals surface area contributed by atoms with Gasteiger partial charge in [0.2, 0.25) is 5.95 Å². The van der Waals surface area contributed by atoms with Gasteiger partial charge in [0.25, 0.3) is 5.56 Å². The maximum Gasteiger partial charge on any atom is 0.263 e. The Hall–Kier alpha value is -2.87. The zero-order chi connectivity index (χ0) is 23.4. The molecular formula is C25H34N6O2. The molecule has 33 heavy (non-hydrogen) atoms. The number of allylic oxidation sites excluding steroid dienone is 1. The molecule has 0 bridgehead atoms. The molecule has 0 spiro atoms. The molecule has 0 radical (unpaired) electrons. The number of aryl methyl sites for hydroxylation is 1. The highest BCUT2D eigenvalue weighted by molar-refractivity contribution is 6.03. The van der Waals surface area contributed by atoms with Crippen LogP contribution in [0.5, 0.6) is 0 Å². The van der Waals surface area contributed by atoms with E-state index in [1.165, 1.54) is 19.8 Å². The Morgan fingerprint density at radius 1 is 1.27 bits per heavy atom. The van der Waals surface area contributed by atoms with E-state index in [4.69, 9.17) is 4.98 Å². The normalized spacial score (nSPS) is 18.5. The summed E-state index contributed by atoms with van der Waals surface area (Å²) in [5.74, 6) is 1.57. The van der Waals surface area contributed by atoms with E-state index in [9.17, 15) is 9.59 Å². The predicted octanol–water partition coefficient (Wildman–Crippen LogP) is 3.80. The monoisotopic (exact) mass is 450 g/mol. The molecular weight excluding hydrogens is 416 g/mol. The minimum Gasteiger partial charge on any atom is -0.317 e. The maximum absolute atomic E-state index is 13.3. The second-order valence-corrected chi connectivity index (χ2v) is 9.17. The van der Waals surface area contributed by atoms with Gasteiger partial charge in [0.15, 0.2) is 5.78 Å². The molecule has 0 amide bonds. The van der Waals surface area contributed by atoms with Gasteiger partial charge in [-0.05, 0) is 76.6 Å². The van der Waals surface area contributed by atoms with Crippen LogP contribution in [-0.4, -0.2) is 46.3 Å². The molecule has 8 nitrogen and oxygen atoms in total. The van der Waals surface area contributed by atoms with Gasteiger partial charge in [0, 0.05) is 24.7 Å². The molecule has 2 fully saturated rings. The van der Waals surface area contributed by atoms with Crippen molar-refractivity contribution in [2.75, 3.05) is 25.5 Å². The third-order valence-corrected chi connectivity index (χ3v) is 6.94. The number of anilines is 1. The third kappa shape index (κ3) is 5.05. The highest BCUT2D eigenvalue weighted by Crippen LogP contribution is 2.31. The lowest BCUT2D eigenvalue weighted by molar-refractivity contribution is 0.101. The van der Waals surface area contributed by atoms with Crippen LogP contribution in [-0.2, 0) is 0 Å². The second-order valence-electron chi connectivity index (χ2n) is 9.17. The molecule has 2 aromatic heterocycles. The van der Waals surface area contributed by atoms with Gasteiger partial charge in [-0.15, -0.1) is 0 Å². The first-order chi connectivity index (χ1) is 16.0. The number of aromatic nitrogens is 3. The number of hydrogen-bond donors (Lipinski definition) is 2. The van der Waals surface area contributed by atoms with E-state index in [1.807, 2.05) is 6.08 Å². The lowest BCUT2D eigenvalue weighted by atomic mass is 9.94. The van der Waals surface area contributed by atoms with Crippen LogP contribution in [0.3, 0.4) is 0 Å². The number of nitrogens with one attached hydrogen (secondary N) is 2. The number of rotatable bonds is 6. The summed E-state index contributed by atoms with van der Waals surface area (Å²) in [5, 5.41) is 7.34. The molecule has 1 aliphatic heterocycles. The van der Waals surface area contributed by atoms with Crippen molar-refractivity contribution in [2.24, 2.45) is 10.9 Å². The molecule has 8 heteroatoms. The fraction of sp³-hybridized carbons (Fsp3) is 0.560. The largest absolute Gasteiger partial charge is 0.317 e. The van der Waals surface area contributed by atoms with Crippen molar-refractivity contribution < 1.29 is 4.79 Å². The highest BCUT2D eigenvalue weighted by Gasteiger charge is 2.25. The van der Waals surface area contributed by atoms with Gasteiger partial charge in [-0.25, -0.2) is 4.98 Å². The number of amidine groups is 1. The van der Waals surface area contributed by atoms with Crippen LogP contribution in [0.25, 0.3) is 11.0 Å². The molecule has 0 aromatic carbocycles. The molecule has 2 aliphatic rings. The van der Waals surface area contributed by atoms with E-state index in [0.29, 0.717) is 28.9 Å². The topological polar surface area (TPSA) is 101 Å². The zero-order valence-corrected chi connectivity index (χ0v) is 19.9. The summed E-state index contributed by atoms with van der Waals surface area (Å²) in [5.41, 5.74) is 1.24. The lowest BCUT2D eigenvalue weighted by Crippen LogP contribution is -2.30. The number of Topliss-reactive ketones (excluding diaryl/α,β-unsaturated/α-hetero) is 1. The smallest absolute Gasteiger partial charge is 0.263 e. The number of fused-ring (bicyclic) bond motifs is 1. The van der Waals surface area contributed by atoms with Crippen molar-refractivity contribution >= 4 is 28.6 Å². The van der Waals surface area contributed by atoms with Crippen LogP contribution in [0.1, 0.15) is 73.8 Å². The van der Waals surface area contributed by atoms with Gasteiger partial charge >= 0.3 is 0 Å². The minimum atomic E-state index is -0.240. The summed E-state index contributed by atoms with van der Waals surface area (Å²) in [4.78, 5) is 39.2. The van der Waals surface area contributed by atoms with Crippen molar-refractivity contribution in [2.45, 2.75) is 64.8 Å². The summed E-state index contributed by atoms with van der Waals surface area (Å²) in [7, 11) is 1.73. The van der Waals surface area contributed by atoms with Crippen LogP contribution >= 0.6 is 0 Å². The fourth-order valence-electron chi connectivity index (χ4n) is 5.08. The number of ketones is 1. The number of piperidine rings is 1. The first-order valence-electron chi connectivity index (χ1n) is 12.0. The van der Waals surface area contributed by atoms with E-state index in [2.05, 4.69) is 26.7 Å². The van der Waals surface area contributed by atoms with Gasteiger partial charge in [0.1, 0.15) is 11.5 Å². The van der Waals surface area contributed by atoms with Gasteiger partial charge in [-0.1, -0.05) is 18.9 Å². The molecule has 2 N–H and O–H groups in total. The minimum absolute atomic E-state index is 0.0608. The summed E-state index contributed by atoms with van der Waals surface area (Å²) < 4.78 is 1.73. The number of pyridine rings is 1. The van der Waals surface area contributed by atoms with E-state index < -0.39 is 0 Å². The quantitative estimate of drug-likeness (QED) is 0.394. The molecule has 0 unspecified atom stereocenters. The van der Waals surface area contributed by atoms with Crippen LogP contribution in [0.4, 0.5) is 5.95 Å². The number of carbonyl (C=O) groups is 1. The van der Waals surface area contributed by atoms with Gasteiger partial charge in [-0.3, -0.25) is 19.1 Å². The van der Waals surface area contributed by atoms with Crippen molar-refractivity contribution in [3.05, 3.63) is 39.8 Å². The number of carbonyl (C=O) groups excluding carboxylic acids is 1. The Morgan fingerprint density at radius 3 is 2.67 bits per heavy atom. The predicted molar refractivity (Wildman–Crippen MR) is 132 cm³/mol. The van der Waals surface area contributed by atoms with Crippen LogP contribution in [0.2, 0.25) is 0 Å². The Labute approximate surface area is 194 Å². The molecule has 1 aliphatic carbocycles. The summed E-state index contributed by atoms with van der Waals surface area (Å²) in [6.45, 7) is 5.43. The SMILES string of the molecule is CN=C(/C=C\CC1CCNCC1)Nc1ncc2c(C)c(C(C)=O)c(=O)n(C3CCCC3)c2n1. The second kappa shape index (κ2) is 10.4. The zero-order valence-electron chi connectivity index (χ0n) is 19.9. The first-order valence-corrected chi connectivity index (χ1v) is 12.0. The fourth-order valence-corrected chi connectivity index (χ4v) is 5.08. The Balaban J connectivity index is 1.65. The lowest BCUT2D eigenvalue weighted by Gasteiger charge is -2.21. The molecule has 0 atom stereocenters. The van der Waals surface area contributed by atoms with E-state index in [1.54, 1.807) is 24.7 Å². The molecule has 2 aromatic rings. The van der Waals surface area contributed by atoms with Gasteiger partial charge in [0.05, 0.1) is 5.56 Å².